The second-order valence-corrected chi connectivity index (χ2v) is 5.49. The molecule has 94 valence electrons. The Morgan fingerprint density at radius 2 is 1.94 bits per heavy atom. The number of benzene rings is 1. The zero-order valence-electron chi connectivity index (χ0n) is 10.7. The van der Waals surface area contributed by atoms with Crippen LogP contribution in [0.5, 0.6) is 0 Å². The van der Waals surface area contributed by atoms with E-state index in [0.29, 0.717) is 5.17 Å². The molecule has 1 aliphatic heterocycles. The van der Waals surface area contributed by atoms with Crippen LogP contribution in [0.15, 0.2) is 40.3 Å². The molecule has 1 heterocycles. The quantitative estimate of drug-likeness (QED) is 0.480. The van der Waals surface area contributed by atoms with E-state index < -0.39 is 0 Å². The van der Waals surface area contributed by atoms with Gasteiger partial charge in [-0.25, -0.2) is 4.79 Å². The van der Waals surface area contributed by atoms with Gasteiger partial charge in [0, 0.05) is 5.56 Å². The van der Waals surface area contributed by atoms with Gasteiger partial charge in [0.05, 0.1) is 18.9 Å². The first-order valence-corrected chi connectivity index (χ1v) is 6.44. The summed E-state index contributed by atoms with van der Waals surface area (Å²) in [5.41, 5.74) is 1.98. The number of quaternary nitrogens is 1. The summed E-state index contributed by atoms with van der Waals surface area (Å²) in [4.78, 5) is 13.1. The molecule has 18 heavy (non-hydrogen) atoms. The monoisotopic (exact) mass is 262 g/mol. The first kappa shape index (κ1) is 12.9. The second-order valence-electron chi connectivity index (χ2n) is 4.31. The smallest absolute Gasteiger partial charge is 0.317 e. The van der Waals surface area contributed by atoms with Crippen molar-refractivity contribution in [1.82, 2.24) is 0 Å². The molecule has 1 unspecified atom stereocenters. The zero-order chi connectivity index (χ0) is 13.3. The van der Waals surface area contributed by atoms with Crippen molar-refractivity contribution in [2.24, 2.45) is 10.9 Å². The van der Waals surface area contributed by atoms with Gasteiger partial charge in [0.25, 0.3) is 5.17 Å². The number of carbonyl (C=O) groups excluding carboxylic acids is 1. The highest BCUT2D eigenvalue weighted by Crippen LogP contribution is 2.44. The van der Waals surface area contributed by atoms with Crippen molar-refractivity contribution in [1.29, 1.82) is 0 Å². The molecule has 1 atom stereocenters. The Morgan fingerprint density at radius 1 is 1.33 bits per heavy atom. The Bertz CT molecular complexity index is 551. The summed E-state index contributed by atoms with van der Waals surface area (Å²) in [5.74, 6) is 5.42. The molecule has 0 aliphatic carbocycles. The van der Waals surface area contributed by atoms with Crippen LogP contribution in [-0.2, 0) is 4.79 Å². The van der Waals surface area contributed by atoms with Gasteiger partial charge in [-0.05, 0) is 30.8 Å². The lowest BCUT2D eigenvalue weighted by Crippen LogP contribution is -2.47. The molecule has 0 saturated heterocycles. The van der Waals surface area contributed by atoms with Crippen LogP contribution >= 0.6 is 11.8 Å². The molecule has 5 heteroatoms. The minimum atomic E-state index is 0.00223. The fraction of sp³-hybridized carbons (Fsp3) is 0.231. The van der Waals surface area contributed by atoms with Gasteiger partial charge in [-0.3, -0.25) is 0 Å². The molecular formula is C13H16N3OS+. The lowest BCUT2D eigenvalue weighted by molar-refractivity contribution is -0.654. The maximum absolute atomic E-state index is 12.1. The fourth-order valence-electron chi connectivity index (χ4n) is 2.18. The molecule has 4 nitrogen and oxygen atoms in total. The summed E-state index contributed by atoms with van der Waals surface area (Å²) in [6.45, 7) is 3.55. The van der Waals surface area contributed by atoms with E-state index in [-0.39, 0.29) is 10.4 Å². The van der Waals surface area contributed by atoms with Crippen LogP contribution in [0.25, 0.3) is 5.70 Å². The standard InChI is InChI=1S/C13H16N3OS/c1-9-12(11-7-5-4-6-8-11)16(3,10(2)17)13(15-14)18-9/h4-8H,14H2,1-3H3/q+1. The minimum Gasteiger partial charge on any atom is -0.317 e. The third-order valence-electron chi connectivity index (χ3n) is 3.20. The lowest BCUT2D eigenvalue weighted by Gasteiger charge is -2.26. The average molecular weight is 262 g/mol. The number of nitrogens with two attached hydrogens (primary N) is 1. The molecule has 1 aliphatic rings. The van der Waals surface area contributed by atoms with Gasteiger partial charge in [-0.15, -0.1) is 5.10 Å². The summed E-state index contributed by atoms with van der Waals surface area (Å²) in [7, 11) is 1.83. The van der Waals surface area contributed by atoms with Crippen LogP contribution in [-0.4, -0.2) is 22.6 Å². The zero-order valence-corrected chi connectivity index (χ0v) is 11.5. The number of hydrogen-bond donors (Lipinski definition) is 1. The number of amides is 1. The predicted molar refractivity (Wildman–Crippen MR) is 75.1 cm³/mol. The van der Waals surface area contributed by atoms with Crippen LogP contribution in [0.4, 0.5) is 0 Å². The molecule has 1 aromatic rings. The van der Waals surface area contributed by atoms with Crippen molar-refractivity contribution in [2.75, 3.05) is 7.05 Å². The topological polar surface area (TPSA) is 55.5 Å². The van der Waals surface area contributed by atoms with E-state index in [1.54, 1.807) is 6.92 Å². The molecule has 0 bridgehead atoms. The Balaban J connectivity index is 2.64. The van der Waals surface area contributed by atoms with Crippen LogP contribution in [0.3, 0.4) is 0 Å². The maximum atomic E-state index is 12.1. The van der Waals surface area contributed by atoms with Gasteiger partial charge in [0.15, 0.2) is 5.70 Å². The molecule has 0 radical (unpaired) electrons. The Labute approximate surface area is 111 Å². The van der Waals surface area contributed by atoms with E-state index in [2.05, 4.69) is 5.10 Å². The van der Waals surface area contributed by atoms with E-state index in [0.717, 1.165) is 16.2 Å². The second kappa shape index (κ2) is 4.59. The predicted octanol–water partition coefficient (Wildman–Crippen LogP) is 2.34. The van der Waals surface area contributed by atoms with Crippen LogP contribution in [0.1, 0.15) is 19.4 Å². The highest BCUT2D eigenvalue weighted by molar-refractivity contribution is 8.17. The summed E-state index contributed by atoms with van der Waals surface area (Å²) in [6.07, 6.45) is 0. The fourth-order valence-corrected chi connectivity index (χ4v) is 3.30. The largest absolute Gasteiger partial charge is 0.322 e. The van der Waals surface area contributed by atoms with Crippen molar-refractivity contribution in [3.8, 4) is 0 Å². The van der Waals surface area contributed by atoms with Crippen LogP contribution < -0.4 is 5.84 Å². The molecular weight excluding hydrogens is 246 g/mol. The minimum absolute atomic E-state index is 0.00223. The third-order valence-corrected chi connectivity index (χ3v) is 4.35. The van der Waals surface area contributed by atoms with E-state index >= 15 is 0 Å². The van der Waals surface area contributed by atoms with Crippen molar-refractivity contribution in [3.63, 3.8) is 0 Å². The highest BCUT2D eigenvalue weighted by Gasteiger charge is 2.48. The number of nitrogens with zero attached hydrogens (tertiary/aromatic N) is 2. The van der Waals surface area contributed by atoms with Gasteiger partial charge in [-0.2, -0.15) is 4.48 Å². The lowest BCUT2D eigenvalue weighted by atomic mass is 10.1. The maximum Gasteiger partial charge on any atom is 0.322 e. The molecule has 0 aromatic heterocycles. The van der Waals surface area contributed by atoms with Crippen molar-refractivity contribution >= 4 is 28.5 Å². The number of thioether (sulfide) groups is 1. The summed E-state index contributed by atoms with van der Waals surface area (Å²) in [6, 6.07) is 9.87. The van der Waals surface area contributed by atoms with Crippen LogP contribution in [0.2, 0.25) is 0 Å². The number of hydrazone groups is 1. The molecule has 0 fully saturated rings. The Hall–Kier alpha value is -1.59. The van der Waals surface area contributed by atoms with Crippen molar-refractivity contribution in [3.05, 3.63) is 40.8 Å². The first-order valence-electron chi connectivity index (χ1n) is 5.62. The normalized spacial score (nSPS) is 25.8. The Kier molecular flexibility index (Phi) is 3.28. The molecule has 0 spiro atoms. The van der Waals surface area contributed by atoms with Gasteiger partial charge in [0.1, 0.15) is 0 Å². The number of amidine groups is 1. The summed E-state index contributed by atoms with van der Waals surface area (Å²) >= 11 is 1.46. The summed E-state index contributed by atoms with van der Waals surface area (Å²) in [5, 5.41) is 4.39. The van der Waals surface area contributed by atoms with E-state index in [1.165, 1.54) is 11.8 Å². The third kappa shape index (κ3) is 1.76. The van der Waals surface area contributed by atoms with E-state index in [9.17, 15) is 4.79 Å². The molecule has 1 aromatic carbocycles. The van der Waals surface area contributed by atoms with Crippen molar-refractivity contribution < 1.29 is 9.28 Å². The molecule has 2 N–H and O–H groups in total. The van der Waals surface area contributed by atoms with Gasteiger partial charge in [-0.1, -0.05) is 18.2 Å². The van der Waals surface area contributed by atoms with Gasteiger partial charge >= 0.3 is 5.91 Å². The van der Waals surface area contributed by atoms with E-state index in [4.69, 9.17) is 5.84 Å². The highest BCUT2D eigenvalue weighted by atomic mass is 32.2. The van der Waals surface area contributed by atoms with Crippen molar-refractivity contribution in [2.45, 2.75) is 13.8 Å². The molecule has 0 saturated carbocycles. The Morgan fingerprint density at radius 3 is 2.44 bits per heavy atom. The average Bonchev–Trinajstić information content (AvgIpc) is 2.63. The molecule has 2 rings (SSSR count). The van der Waals surface area contributed by atoms with E-state index in [1.807, 2.05) is 44.3 Å². The number of rotatable bonds is 1. The number of carbonyl (C=O) groups is 1. The number of allylic oxidation sites excluding steroid dienone is 1. The SMILES string of the molecule is CC(=O)[N+]1(C)C(=NN)SC(C)=C1c1ccccc1. The number of hydrogen-bond acceptors (Lipinski definition) is 4. The van der Waals surface area contributed by atoms with Crippen LogP contribution in [0, 0.1) is 0 Å². The van der Waals surface area contributed by atoms with Gasteiger partial charge < -0.3 is 5.84 Å². The first-order chi connectivity index (χ1) is 8.51. The summed E-state index contributed by atoms with van der Waals surface area (Å²) < 4.78 is 0.0387. The van der Waals surface area contributed by atoms with Gasteiger partial charge in [0.2, 0.25) is 0 Å². The molecule has 1 amide bonds.